The Bertz CT molecular complexity index is 469. The molecular weight excluding hydrogens is 291 g/mol. The Kier molecular flexibility index (Phi) is 7.12. The highest BCUT2D eigenvalue weighted by Crippen LogP contribution is 2.15. The average Bonchev–Trinajstić information content (AvgIpc) is 2.44. The number of carbonyl (C=O) groups excluding carboxylic acids is 1. The summed E-state index contributed by atoms with van der Waals surface area (Å²) in [5.41, 5.74) is 0.956. The summed E-state index contributed by atoms with van der Waals surface area (Å²) in [6.45, 7) is 6.55. The van der Waals surface area contributed by atoms with Crippen molar-refractivity contribution in [3.8, 4) is 0 Å². The molecular formula is C16H24ClFN2O. The Balaban J connectivity index is 0.00000220. The van der Waals surface area contributed by atoms with E-state index in [-0.39, 0.29) is 36.1 Å². The molecule has 21 heavy (non-hydrogen) atoms. The number of hydrogen-bond donors (Lipinski definition) is 1. The molecule has 0 aliphatic carbocycles. The molecule has 118 valence electrons. The van der Waals surface area contributed by atoms with Crippen molar-refractivity contribution in [2.45, 2.75) is 32.7 Å². The molecule has 3 nitrogen and oxygen atoms in total. The molecule has 2 unspecified atom stereocenters. The van der Waals surface area contributed by atoms with Gasteiger partial charge in [-0.2, -0.15) is 0 Å². The van der Waals surface area contributed by atoms with Crippen LogP contribution < -0.4 is 5.32 Å². The van der Waals surface area contributed by atoms with Gasteiger partial charge in [0.05, 0.1) is 0 Å². The Morgan fingerprint density at radius 2 is 2.29 bits per heavy atom. The minimum atomic E-state index is -0.211. The average molecular weight is 315 g/mol. The lowest BCUT2D eigenvalue weighted by Gasteiger charge is -2.35. The van der Waals surface area contributed by atoms with Crippen molar-refractivity contribution in [2.75, 3.05) is 19.6 Å². The molecule has 1 amide bonds. The lowest BCUT2D eigenvalue weighted by atomic mass is 9.98. The Morgan fingerprint density at radius 1 is 1.52 bits per heavy atom. The number of nitrogens with zero attached hydrogens (tertiary/aromatic N) is 1. The van der Waals surface area contributed by atoms with E-state index in [1.165, 1.54) is 6.07 Å². The van der Waals surface area contributed by atoms with Crippen molar-refractivity contribution in [3.05, 3.63) is 35.6 Å². The standard InChI is InChI=1S/C16H23FN2O.ClH/c1-12(6-7-14-4-3-5-15(17)10-14)16(20)19-9-8-18-11-13(19)2;/h3-5,10,12-13,18H,6-9,11H2,1-2H3;1H. The van der Waals surface area contributed by atoms with Crippen molar-refractivity contribution in [3.63, 3.8) is 0 Å². The molecule has 0 aromatic heterocycles. The maximum Gasteiger partial charge on any atom is 0.225 e. The first kappa shape index (κ1) is 17.9. The molecule has 0 spiro atoms. The predicted molar refractivity (Wildman–Crippen MR) is 85.2 cm³/mol. The molecule has 1 aromatic rings. The molecule has 1 heterocycles. The van der Waals surface area contributed by atoms with Gasteiger partial charge in [0.1, 0.15) is 5.82 Å². The maximum atomic E-state index is 13.1. The van der Waals surface area contributed by atoms with Gasteiger partial charge in [0, 0.05) is 31.6 Å². The van der Waals surface area contributed by atoms with Crippen molar-refractivity contribution in [2.24, 2.45) is 5.92 Å². The molecule has 1 aliphatic heterocycles. The van der Waals surface area contributed by atoms with Crippen LogP contribution >= 0.6 is 12.4 Å². The minimum absolute atomic E-state index is 0. The van der Waals surface area contributed by atoms with E-state index in [4.69, 9.17) is 0 Å². The van der Waals surface area contributed by atoms with Crippen molar-refractivity contribution < 1.29 is 9.18 Å². The number of amides is 1. The van der Waals surface area contributed by atoms with E-state index in [2.05, 4.69) is 12.2 Å². The van der Waals surface area contributed by atoms with E-state index in [1.54, 1.807) is 12.1 Å². The highest BCUT2D eigenvalue weighted by Gasteiger charge is 2.26. The topological polar surface area (TPSA) is 32.3 Å². The number of carbonyl (C=O) groups is 1. The minimum Gasteiger partial charge on any atom is -0.337 e. The third-order valence-corrected chi connectivity index (χ3v) is 3.96. The van der Waals surface area contributed by atoms with Gasteiger partial charge in [0.2, 0.25) is 5.91 Å². The van der Waals surface area contributed by atoms with Crippen LogP contribution in [0.3, 0.4) is 0 Å². The first-order valence-electron chi connectivity index (χ1n) is 7.33. The summed E-state index contributed by atoms with van der Waals surface area (Å²) in [5.74, 6) is -0.00794. The summed E-state index contributed by atoms with van der Waals surface area (Å²) < 4.78 is 13.1. The molecule has 0 radical (unpaired) electrons. The molecule has 1 aromatic carbocycles. The molecule has 2 rings (SSSR count). The van der Waals surface area contributed by atoms with Crippen molar-refractivity contribution in [1.29, 1.82) is 0 Å². The fourth-order valence-corrected chi connectivity index (χ4v) is 2.65. The van der Waals surface area contributed by atoms with Gasteiger partial charge < -0.3 is 10.2 Å². The molecule has 5 heteroatoms. The first-order valence-corrected chi connectivity index (χ1v) is 7.33. The van der Waals surface area contributed by atoms with E-state index in [0.717, 1.165) is 38.0 Å². The van der Waals surface area contributed by atoms with Gasteiger partial charge in [-0.1, -0.05) is 19.1 Å². The van der Waals surface area contributed by atoms with Gasteiger partial charge >= 0.3 is 0 Å². The molecule has 1 aliphatic rings. The van der Waals surface area contributed by atoms with Crippen LogP contribution in [0.15, 0.2) is 24.3 Å². The summed E-state index contributed by atoms with van der Waals surface area (Å²) >= 11 is 0. The van der Waals surface area contributed by atoms with Gasteiger partial charge in [0.25, 0.3) is 0 Å². The van der Waals surface area contributed by atoms with Crippen LogP contribution in [0.4, 0.5) is 4.39 Å². The van der Waals surface area contributed by atoms with Gasteiger partial charge in [-0.15, -0.1) is 12.4 Å². The second-order valence-electron chi connectivity index (χ2n) is 5.65. The second-order valence-corrected chi connectivity index (χ2v) is 5.65. The maximum absolute atomic E-state index is 13.1. The summed E-state index contributed by atoms with van der Waals surface area (Å²) in [4.78, 5) is 14.4. The molecule has 1 N–H and O–H groups in total. The van der Waals surface area contributed by atoms with Crippen LogP contribution in [0.1, 0.15) is 25.8 Å². The number of halogens is 2. The number of piperazine rings is 1. The van der Waals surface area contributed by atoms with Crippen LogP contribution in [-0.2, 0) is 11.2 Å². The fraction of sp³-hybridized carbons (Fsp3) is 0.562. The second kappa shape index (κ2) is 8.35. The zero-order valence-electron chi connectivity index (χ0n) is 12.6. The fourth-order valence-electron chi connectivity index (χ4n) is 2.65. The zero-order chi connectivity index (χ0) is 14.5. The Hall–Kier alpha value is -1.13. The first-order chi connectivity index (χ1) is 9.58. The number of nitrogens with one attached hydrogen (secondary N) is 1. The summed E-state index contributed by atoms with van der Waals surface area (Å²) in [7, 11) is 0. The molecule has 2 atom stereocenters. The zero-order valence-corrected chi connectivity index (χ0v) is 13.5. The number of hydrogen-bond acceptors (Lipinski definition) is 2. The molecule has 1 saturated heterocycles. The third-order valence-electron chi connectivity index (χ3n) is 3.96. The molecule has 1 fully saturated rings. The van der Waals surface area contributed by atoms with Gasteiger partial charge in [-0.05, 0) is 37.5 Å². The van der Waals surface area contributed by atoms with Crippen LogP contribution in [0.25, 0.3) is 0 Å². The number of rotatable bonds is 4. The van der Waals surface area contributed by atoms with E-state index >= 15 is 0 Å². The Labute approximate surface area is 132 Å². The van der Waals surface area contributed by atoms with Crippen LogP contribution in [-0.4, -0.2) is 36.5 Å². The quantitative estimate of drug-likeness (QED) is 0.926. The Morgan fingerprint density at radius 3 is 2.95 bits per heavy atom. The lowest BCUT2D eigenvalue weighted by Crippen LogP contribution is -2.53. The van der Waals surface area contributed by atoms with Crippen molar-refractivity contribution >= 4 is 18.3 Å². The SMILES string of the molecule is CC(CCc1cccc(F)c1)C(=O)N1CCNCC1C.Cl. The third kappa shape index (κ3) is 4.97. The summed E-state index contributed by atoms with van der Waals surface area (Å²) in [5, 5.41) is 3.29. The highest BCUT2D eigenvalue weighted by molar-refractivity contribution is 5.85. The van der Waals surface area contributed by atoms with E-state index in [1.807, 2.05) is 17.9 Å². The molecule has 0 saturated carbocycles. The van der Waals surface area contributed by atoms with Crippen LogP contribution in [0, 0.1) is 11.7 Å². The van der Waals surface area contributed by atoms with E-state index < -0.39 is 0 Å². The molecule has 0 bridgehead atoms. The van der Waals surface area contributed by atoms with E-state index in [9.17, 15) is 9.18 Å². The number of benzene rings is 1. The number of aryl methyl sites for hydroxylation is 1. The van der Waals surface area contributed by atoms with Gasteiger partial charge in [-0.25, -0.2) is 4.39 Å². The van der Waals surface area contributed by atoms with Gasteiger partial charge in [0.15, 0.2) is 0 Å². The predicted octanol–water partition coefficient (Wildman–Crippen LogP) is 2.64. The summed E-state index contributed by atoms with van der Waals surface area (Å²) in [6, 6.07) is 6.88. The highest BCUT2D eigenvalue weighted by atomic mass is 35.5. The van der Waals surface area contributed by atoms with Crippen LogP contribution in [0.2, 0.25) is 0 Å². The van der Waals surface area contributed by atoms with Crippen LogP contribution in [0.5, 0.6) is 0 Å². The largest absolute Gasteiger partial charge is 0.337 e. The smallest absolute Gasteiger partial charge is 0.225 e. The van der Waals surface area contributed by atoms with Crippen molar-refractivity contribution in [1.82, 2.24) is 10.2 Å². The monoisotopic (exact) mass is 314 g/mol. The lowest BCUT2D eigenvalue weighted by molar-refractivity contribution is -0.138. The van der Waals surface area contributed by atoms with Gasteiger partial charge in [-0.3, -0.25) is 4.79 Å². The summed E-state index contributed by atoms with van der Waals surface area (Å²) in [6.07, 6.45) is 1.50. The van der Waals surface area contributed by atoms with E-state index in [0.29, 0.717) is 0 Å². The normalized spacial score (nSPS) is 19.8.